The minimum absolute atomic E-state index is 0.0346. The summed E-state index contributed by atoms with van der Waals surface area (Å²) in [6.07, 6.45) is 0. The van der Waals surface area contributed by atoms with Gasteiger partial charge in [-0.2, -0.15) is 0 Å². The second-order valence-electron chi connectivity index (χ2n) is 44.9. The molecule has 30 rings (SSSR count). The second-order valence-corrected chi connectivity index (χ2v) is 47.0. The number of fused-ring (bicyclic) bond motifs is 27. The van der Waals surface area contributed by atoms with E-state index in [0.29, 0.717) is 0 Å². The summed E-state index contributed by atoms with van der Waals surface area (Å²) >= 11 is 3.77. The van der Waals surface area contributed by atoms with Gasteiger partial charge in [0.1, 0.15) is 11.2 Å². The zero-order chi connectivity index (χ0) is 101. The van der Waals surface area contributed by atoms with E-state index in [4.69, 9.17) is 4.42 Å². The molecule has 4 nitrogen and oxygen atoms in total. The average Bonchev–Trinajstić information content (AvgIpc) is 1.48. The second kappa shape index (κ2) is 33.9. The van der Waals surface area contributed by atoms with Crippen LogP contribution >= 0.6 is 22.7 Å². The van der Waals surface area contributed by atoms with Crippen LogP contribution in [0.3, 0.4) is 0 Å². The van der Waals surface area contributed by atoms with Crippen LogP contribution in [0.25, 0.3) is 162 Å². The van der Waals surface area contributed by atoms with E-state index in [1.807, 2.05) is 28.7 Å². The van der Waals surface area contributed by atoms with Crippen molar-refractivity contribution in [2.45, 2.75) is 116 Å². The number of hydrogen-bond acceptors (Lipinski definition) is 6. The molecular formula is C144H111N3OS2. The number of thiophene rings is 2. The van der Waals surface area contributed by atoms with Crippen molar-refractivity contribution < 1.29 is 4.42 Å². The van der Waals surface area contributed by atoms with Gasteiger partial charge in [-0.15, -0.1) is 22.7 Å². The van der Waals surface area contributed by atoms with E-state index < -0.39 is 0 Å². The van der Waals surface area contributed by atoms with Crippen LogP contribution in [-0.4, -0.2) is 0 Å². The summed E-state index contributed by atoms with van der Waals surface area (Å²) in [6.45, 7) is 28.3. The molecule has 0 radical (unpaired) electrons. The Balaban J connectivity index is 0.000000108. The Labute approximate surface area is 885 Å². The quantitative estimate of drug-likeness (QED) is 0.122. The fraction of sp³-hybridized carbons (Fsp3) is 0.125. The lowest BCUT2D eigenvalue weighted by molar-refractivity contribution is 0.660. The molecule has 0 unspecified atom stereocenters. The first-order chi connectivity index (χ1) is 72.9. The van der Waals surface area contributed by atoms with Crippen LogP contribution in [0, 0.1) is 0 Å². The van der Waals surface area contributed by atoms with Gasteiger partial charge >= 0.3 is 0 Å². The molecule has 3 aromatic heterocycles. The molecule has 0 N–H and O–H groups in total. The fourth-order valence-electron chi connectivity index (χ4n) is 26.8. The van der Waals surface area contributed by atoms with Gasteiger partial charge in [-0.25, -0.2) is 0 Å². The van der Waals surface area contributed by atoms with Crippen molar-refractivity contribution >= 4 is 136 Å². The molecular weight excluding hydrogens is 1850 g/mol. The fourth-order valence-corrected chi connectivity index (χ4v) is 29.2. The minimum Gasteiger partial charge on any atom is -0.455 e. The molecule has 6 aliphatic rings. The Bertz CT molecular complexity index is 9760. The zero-order valence-electron chi connectivity index (χ0n) is 86.4. The molecule has 0 atom stereocenters. The van der Waals surface area contributed by atoms with Crippen molar-refractivity contribution in [1.29, 1.82) is 0 Å². The molecule has 6 heteroatoms. The van der Waals surface area contributed by atoms with Crippen molar-refractivity contribution in [3.05, 3.63) is 522 Å². The lowest BCUT2D eigenvalue weighted by atomic mass is 9.82. The Morgan fingerprint density at radius 1 is 0.173 bits per heavy atom. The third-order valence-electron chi connectivity index (χ3n) is 34.4. The molecule has 0 saturated heterocycles. The normalized spacial score (nSPS) is 14.7. The highest BCUT2D eigenvalue weighted by Crippen LogP contribution is 2.61. The summed E-state index contributed by atoms with van der Waals surface area (Å²) < 4.78 is 11.8. The van der Waals surface area contributed by atoms with Crippen LogP contribution in [0.1, 0.15) is 150 Å². The van der Waals surface area contributed by atoms with Crippen LogP contribution in [-0.2, 0) is 32.5 Å². The van der Waals surface area contributed by atoms with Gasteiger partial charge < -0.3 is 19.1 Å². The Hall–Kier alpha value is -16.7. The smallest absolute Gasteiger partial charge is 0.143 e. The molecule has 0 spiro atoms. The molecule has 21 aromatic carbocycles. The van der Waals surface area contributed by atoms with Gasteiger partial charge in [0.25, 0.3) is 0 Å². The predicted octanol–water partition coefficient (Wildman–Crippen LogP) is 40.9. The third-order valence-corrected chi connectivity index (χ3v) is 36.8. The summed E-state index contributed by atoms with van der Waals surface area (Å²) in [4.78, 5) is 7.41. The third kappa shape index (κ3) is 13.8. The van der Waals surface area contributed by atoms with Crippen molar-refractivity contribution in [3.8, 4) is 100 Å². The van der Waals surface area contributed by atoms with Gasteiger partial charge in [0.15, 0.2) is 0 Å². The number of nitrogens with zero attached hydrogens (tertiary/aromatic N) is 3. The van der Waals surface area contributed by atoms with Crippen LogP contribution in [0.15, 0.2) is 459 Å². The van der Waals surface area contributed by atoms with Gasteiger partial charge in [0.2, 0.25) is 0 Å². The molecule has 0 amide bonds. The average molecular weight is 1960 g/mol. The highest BCUT2D eigenvalue weighted by molar-refractivity contribution is 7.26. The first-order valence-corrected chi connectivity index (χ1v) is 54.4. The lowest BCUT2D eigenvalue weighted by Gasteiger charge is -2.30. The van der Waals surface area contributed by atoms with Gasteiger partial charge in [0.05, 0.1) is 5.69 Å². The molecule has 6 aliphatic carbocycles. The number of anilines is 9. The predicted molar refractivity (Wildman–Crippen MR) is 638 cm³/mol. The standard InChI is InChI=1S/C48H37NO.2C48H37NS/c1-47(2)42-21-9-6-16-36(42)40-28-32(24-26-43(40)47)49(33-23-25-37-35-15-5-8-20-41(35)48(3,4)44(37)29-33)31-14-11-13-30(27-31)34-18-12-19-39-38-17-7-10-22-45(38)50-46(34)39;1-47(2)41-21-10-6-15-33(41)39-28-30(25-27-42(39)47)49(31-24-26-34-32-14-5-9-20-40(32)48(3,4)43(34)29-31)44-22-11-7-16-35(44)37-18-13-19-38-36-17-8-12-23-45(36)50-46(37)38;1-47(2)41-17-9-6-13-36(41)39-28-32(25-27-42(39)47)49(33-24-26-37-35-12-5-8-16-40(35)48(3,4)43(37)29-33)31-22-20-30(21-23-31)34-15-11-19-45-46(34)38-14-7-10-18-44(38)50-45/h3*5-29H,1-4H3. The maximum Gasteiger partial charge on any atom is 0.143 e. The summed E-state index contributed by atoms with van der Waals surface area (Å²) in [7, 11) is 0. The Morgan fingerprint density at radius 2 is 0.487 bits per heavy atom. The van der Waals surface area contributed by atoms with E-state index >= 15 is 0 Å². The van der Waals surface area contributed by atoms with Gasteiger partial charge in [-0.05, 0) is 278 Å². The van der Waals surface area contributed by atoms with E-state index in [9.17, 15) is 0 Å². The summed E-state index contributed by atoms with van der Waals surface area (Å²) in [6, 6.07) is 169. The van der Waals surface area contributed by atoms with Crippen molar-refractivity contribution in [2.24, 2.45) is 0 Å². The van der Waals surface area contributed by atoms with E-state index in [0.717, 1.165) is 55.8 Å². The lowest BCUT2D eigenvalue weighted by Crippen LogP contribution is -2.17. The molecule has 3 heterocycles. The molecule has 150 heavy (non-hydrogen) atoms. The number of benzene rings is 21. The summed E-state index contributed by atoms with van der Waals surface area (Å²) in [5.74, 6) is 0. The number of hydrogen-bond donors (Lipinski definition) is 0. The molecule has 720 valence electrons. The Morgan fingerprint density at radius 3 is 0.987 bits per heavy atom. The van der Waals surface area contributed by atoms with E-state index in [1.165, 1.54) is 225 Å². The van der Waals surface area contributed by atoms with Crippen molar-refractivity contribution in [3.63, 3.8) is 0 Å². The van der Waals surface area contributed by atoms with Gasteiger partial charge in [-0.3, -0.25) is 0 Å². The van der Waals surface area contributed by atoms with Gasteiger partial charge in [0, 0.05) is 146 Å². The maximum atomic E-state index is 6.50. The molecule has 0 saturated carbocycles. The Kier molecular flexibility index (Phi) is 20.5. The first-order valence-electron chi connectivity index (χ1n) is 52.8. The van der Waals surface area contributed by atoms with Crippen LogP contribution in [0.2, 0.25) is 0 Å². The van der Waals surface area contributed by atoms with Crippen molar-refractivity contribution in [1.82, 2.24) is 0 Å². The van der Waals surface area contributed by atoms with Crippen LogP contribution in [0.4, 0.5) is 51.2 Å². The highest BCUT2D eigenvalue weighted by atomic mass is 32.1. The summed E-state index contributed by atoms with van der Waals surface area (Å²) in [5, 5.41) is 7.60. The number of rotatable bonds is 12. The molecule has 0 aliphatic heterocycles. The molecule has 24 aromatic rings. The van der Waals surface area contributed by atoms with Crippen LogP contribution < -0.4 is 14.7 Å². The minimum atomic E-state index is -0.104. The number of para-hydroxylation sites is 3. The monoisotopic (exact) mass is 1960 g/mol. The van der Waals surface area contributed by atoms with E-state index in [1.54, 1.807) is 0 Å². The largest absolute Gasteiger partial charge is 0.455 e. The van der Waals surface area contributed by atoms with E-state index in [2.05, 4.69) is 547 Å². The topological polar surface area (TPSA) is 22.9 Å². The highest BCUT2D eigenvalue weighted by Gasteiger charge is 2.44. The summed E-state index contributed by atoms with van der Waals surface area (Å²) in [5.41, 5.74) is 51.7. The first kappa shape index (κ1) is 90.8. The molecule has 0 fully saturated rings. The van der Waals surface area contributed by atoms with Crippen LogP contribution in [0.5, 0.6) is 0 Å². The van der Waals surface area contributed by atoms with E-state index in [-0.39, 0.29) is 32.5 Å². The molecule has 0 bridgehead atoms. The number of furan rings is 1. The maximum absolute atomic E-state index is 6.50. The SMILES string of the molecule is CC1(C)c2ccccc2-c2cc(N(c3ccc(-c4cccc5sc6ccccc6c45)cc3)c3ccc4c(c3)C(C)(C)c3ccccc3-4)ccc21.CC1(C)c2ccccc2-c2cc(N(c3ccc4c(c3)C(C)(C)c3ccccc3-4)c3ccccc3-c3cccc4c3sc3ccccc34)ccc21.CC1(C)c2ccccc2-c2cc(N(c3cccc(-c4cccc5c4oc4ccccc45)c3)c3ccc4c(c3)C(C)(C)c3ccccc3-4)ccc21. The van der Waals surface area contributed by atoms with Crippen molar-refractivity contribution in [2.75, 3.05) is 14.7 Å². The zero-order valence-corrected chi connectivity index (χ0v) is 88.0. The van der Waals surface area contributed by atoms with Gasteiger partial charge in [-0.1, -0.05) is 411 Å².